The molecule has 3 aromatic carbocycles. The maximum absolute atomic E-state index is 11.5. The molecule has 1 fully saturated rings. The smallest absolute Gasteiger partial charge is 0.245 e. The van der Waals surface area contributed by atoms with Gasteiger partial charge in [0.25, 0.3) is 0 Å². The number of rotatable bonds is 8. The Morgan fingerprint density at radius 2 is 1.24 bits per heavy atom. The quantitative estimate of drug-likeness (QED) is 0.201. The van der Waals surface area contributed by atoms with Crippen LogP contribution in [0.2, 0.25) is 0 Å². The fraction of sp³-hybridized carbons (Fsp3) is 0.189. The largest absolute Gasteiger partial charge is 0.382 e. The molecule has 1 aliphatic rings. The van der Waals surface area contributed by atoms with Crippen LogP contribution < -0.4 is 10.2 Å². The van der Waals surface area contributed by atoms with Crippen LogP contribution in [0.15, 0.2) is 127 Å². The maximum Gasteiger partial charge on any atom is 0.245 e. The third kappa shape index (κ3) is 7.26. The van der Waals surface area contributed by atoms with Crippen molar-refractivity contribution in [2.75, 3.05) is 42.8 Å². The van der Waals surface area contributed by atoms with E-state index in [1.807, 2.05) is 91.0 Å². The highest BCUT2D eigenvalue weighted by atomic mass is 32.2. The highest BCUT2D eigenvalue weighted by Gasteiger charge is 2.18. The molecule has 0 saturated carbocycles. The molecule has 0 aliphatic carbocycles. The lowest BCUT2D eigenvalue weighted by Crippen LogP contribution is -2.36. The number of hydrogen-bond donors (Lipinski definition) is 3. The zero-order chi connectivity index (χ0) is 34.5. The van der Waals surface area contributed by atoms with E-state index in [1.165, 1.54) is 11.9 Å². The molecular formula is C37H36N8O4S. The molecule has 5 heterocycles. The van der Waals surface area contributed by atoms with E-state index in [4.69, 9.17) is 4.74 Å². The van der Waals surface area contributed by atoms with Crippen LogP contribution in [0.4, 0.5) is 17.3 Å². The van der Waals surface area contributed by atoms with Gasteiger partial charge in [-0.2, -0.15) is 0 Å². The van der Waals surface area contributed by atoms with Crippen LogP contribution in [0.25, 0.3) is 11.0 Å². The van der Waals surface area contributed by atoms with Crippen molar-refractivity contribution in [3.63, 3.8) is 0 Å². The van der Waals surface area contributed by atoms with E-state index in [0.29, 0.717) is 17.3 Å². The van der Waals surface area contributed by atoms with Crippen LogP contribution >= 0.6 is 0 Å². The summed E-state index contributed by atoms with van der Waals surface area (Å²) in [4.78, 5) is 10.8. The molecule has 0 radical (unpaired) electrons. The third-order valence-electron chi connectivity index (χ3n) is 8.38. The van der Waals surface area contributed by atoms with E-state index in [-0.39, 0.29) is 5.16 Å². The average Bonchev–Trinajstić information content (AvgIpc) is 3.80. The summed E-state index contributed by atoms with van der Waals surface area (Å²) in [5.41, 5.74) is 6.60. The van der Waals surface area contributed by atoms with Gasteiger partial charge in [0.1, 0.15) is 12.2 Å². The number of hydrogen-bond acceptors (Lipinski definition) is 10. The highest BCUT2D eigenvalue weighted by molar-refractivity contribution is 7.84. The molecular weight excluding hydrogens is 653 g/mol. The SMILES string of the molecule is CS(=O)c1ncc2ccc(C(O)c3ccccc3)n2n1.OC(c1ccccc1)c1ccc2cnc(Nc3ccc(N4CCOCC4)cc3)nn12. The molecule has 1 saturated heterocycles. The molecule has 0 spiro atoms. The standard InChI is InChI=1S/C23H23N5O2.C14H13N3O2S/c29-22(17-4-2-1-3-5-17)21-11-10-20-16-24-23(26-28(20)21)25-18-6-8-19(9-7-18)27-12-14-30-15-13-27;1-20(19)14-15-9-11-7-8-12(17(11)16-14)13(18)10-5-3-2-4-6-10/h1-11,16,22,29H,12-15H2,(H,25,26);2-9,13,18H,1H3. The number of ether oxygens (including phenoxy) is 1. The molecule has 0 bridgehead atoms. The van der Waals surface area contributed by atoms with Crippen molar-refractivity contribution in [3.05, 3.63) is 144 Å². The van der Waals surface area contributed by atoms with Gasteiger partial charge in [0.2, 0.25) is 11.1 Å². The molecule has 8 rings (SSSR count). The van der Waals surface area contributed by atoms with Crippen molar-refractivity contribution in [3.8, 4) is 0 Å². The van der Waals surface area contributed by atoms with Gasteiger partial charge in [0.15, 0.2) is 0 Å². The minimum absolute atomic E-state index is 0.246. The fourth-order valence-corrected chi connectivity index (χ4v) is 6.15. The molecule has 4 aromatic heterocycles. The van der Waals surface area contributed by atoms with E-state index < -0.39 is 23.0 Å². The zero-order valence-electron chi connectivity index (χ0n) is 27.3. The van der Waals surface area contributed by atoms with Gasteiger partial charge in [-0.15, -0.1) is 10.2 Å². The summed E-state index contributed by atoms with van der Waals surface area (Å²) in [5.74, 6) is 0.472. The van der Waals surface area contributed by atoms with Crippen LogP contribution in [-0.2, 0) is 15.5 Å². The Hall–Kier alpha value is -5.47. The normalized spacial score (nSPS) is 14.9. The number of nitrogens with zero attached hydrogens (tertiary/aromatic N) is 7. The average molecular weight is 689 g/mol. The van der Waals surface area contributed by atoms with Gasteiger partial charge in [0, 0.05) is 30.7 Å². The van der Waals surface area contributed by atoms with Crippen molar-refractivity contribution < 1.29 is 19.2 Å². The minimum atomic E-state index is -1.26. The van der Waals surface area contributed by atoms with E-state index in [1.54, 1.807) is 27.5 Å². The van der Waals surface area contributed by atoms with Crippen LogP contribution in [0.5, 0.6) is 0 Å². The Morgan fingerprint density at radius 1 is 0.700 bits per heavy atom. The molecule has 12 nitrogen and oxygen atoms in total. The Bertz CT molecular complexity index is 2200. The second-order valence-corrected chi connectivity index (χ2v) is 12.9. The fourth-order valence-electron chi connectivity index (χ4n) is 5.75. The number of benzene rings is 3. The molecule has 50 heavy (non-hydrogen) atoms. The van der Waals surface area contributed by atoms with E-state index >= 15 is 0 Å². The van der Waals surface area contributed by atoms with Crippen molar-refractivity contribution in [1.82, 2.24) is 29.2 Å². The number of nitrogens with one attached hydrogen (secondary N) is 1. The van der Waals surface area contributed by atoms with Crippen LogP contribution in [0.1, 0.15) is 34.7 Å². The van der Waals surface area contributed by atoms with Gasteiger partial charge >= 0.3 is 0 Å². The lowest BCUT2D eigenvalue weighted by atomic mass is 10.1. The lowest BCUT2D eigenvalue weighted by molar-refractivity contribution is 0.122. The van der Waals surface area contributed by atoms with E-state index in [2.05, 4.69) is 42.5 Å². The topological polar surface area (TPSA) is 142 Å². The van der Waals surface area contributed by atoms with Crippen LogP contribution in [0.3, 0.4) is 0 Å². The van der Waals surface area contributed by atoms with E-state index in [9.17, 15) is 14.4 Å². The number of aromatic nitrogens is 6. The molecule has 7 aromatic rings. The van der Waals surface area contributed by atoms with Crippen molar-refractivity contribution in [1.29, 1.82) is 0 Å². The molecule has 0 amide bonds. The second kappa shape index (κ2) is 15.0. The first-order valence-corrected chi connectivity index (χ1v) is 17.7. The first-order chi connectivity index (χ1) is 24.4. The van der Waals surface area contributed by atoms with Gasteiger partial charge in [0.05, 0.1) is 58.8 Å². The number of morpholine rings is 1. The Balaban J connectivity index is 0.000000170. The van der Waals surface area contributed by atoms with Gasteiger partial charge in [-0.25, -0.2) is 19.0 Å². The van der Waals surface area contributed by atoms with Crippen LogP contribution in [-0.4, -0.2) is 76.2 Å². The summed E-state index contributed by atoms with van der Waals surface area (Å²) < 4.78 is 20.2. The summed E-state index contributed by atoms with van der Waals surface area (Å²) in [5, 5.41) is 33.6. The number of fused-ring (bicyclic) bond motifs is 2. The maximum atomic E-state index is 11.5. The number of anilines is 3. The summed E-state index contributed by atoms with van der Waals surface area (Å²) in [6, 6.07) is 34.5. The van der Waals surface area contributed by atoms with Gasteiger partial charge in [-0.3, -0.25) is 4.21 Å². The molecule has 3 atom stereocenters. The minimum Gasteiger partial charge on any atom is -0.382 e. The first kappa shape index (κ1) is 33.0. The number of aliphatic hydroxyl groups excluding tert-OH is 2. The predicted octanol–water partition coefficient (Wildman–Crippen LogP) is 4.94. The predicted molar refractivity (Wildman–Crippen MR) is 192 cm³/mol. The van der Waals surface area contributed by atoms with Crippen molar-refractivity contribution in [2.45, 2.75) is 17.4 Å². The van der Waals surface area contributed by atoms with Crippen LogP contribution in [0, 0.1) is 0 Å². The monoisotopic (exact) mass is 688 g/mol. The van der Waals surface area contributed by atoms with Gasteiger partial charge in [-0.05, 0) is 59.7 Å². The van der Waals surface area contributed by atoms with Gasteiger partial charge in [-0.1, -0.05) is 60.7 Å². The molecule has 254 valence electrons. The van der Waals surface area contributed by atoms with Crippen molar-refractivity contribution in [2.24, 2.45) is 0 Å². The molecule has 1 aliphatic heterocycles. The summed E-state index contributed by atoms with van der Waals surface area (Å²) in [6.07, 6.45) is 3.33. The molecule has 3 N–H and O–H groups in total. The second-order valence-electron chi connectivity index (χ2n) is 11.7. The summed E-state index contributed by atoms with van der Waals surface area (Å²) in [6.45, 7) is 3.35. The lowest BCUT2D eigenvalue weighted by Gasteiger charge is -2.28. The summed E-state index contributed by atoms with van der Waals surface area (Å²) in [7, 11) is -1.26. The third-order valence-corrected chi connectivity index (χ3v) is 9.08. The Morgan fingerprint density at radius 3 is 1.80 bits per heavy atom. The summed E-state index contributed by atoms with van der Waals surface area (Å²) >= 11 is 0. The zero-order valence-corrected chi connectivity index (χ0v) is 28.1. The highest BCUT2D eigenvalue weighted by Crippen LogP contribution is 2.26. The Kier molecular flexibility index (Phi) is 9.89. The van der Waals surface area contributed by atoms with E-state index in [0.717, 1.165) is 54.2 Å². The number of aliphatic hydroxyl groups is 2. The molecule has 3 unspecified atom stereocenters. The first-order valence-electron chi connectivity index (χ1n) is 16.1. The van der Waals surface area contributed by atoms with Gasteiger partial charge < -0.3 is 25.2 Å². The Labute approximate surface area is 291 Å². The van der Waals surface area contributed by atoms with Crippen molar-refractivity contribution >= 4 is 39.2 Å². The molecule has 13 heteroatoms.